The van der Waals surface area contributed by atoms with Crippen molar-refractivity contribution in [3.05, 3.63) is 29.3 Å². The molecule has 1 aliphatic heterocycles. The molecule has 0 aromatic heterocycles. The molecule has 0 radical (unpaired) electrons. The van der Waals surface area contributed by atoms with Crippen molar-refractivity contribution >= 4 is 34.6 Å². The molecule has 1 aromatic carbocycles. The number of rotatable bonds is 4. The highest BCUT2D eigenvalue weighted by atomic mass is 32.2. The summed E-state index contributed by atoms with van der Waals surface area (Å²) < 4.78 is 11.1. The number of anilines is 1. The van der Waals surface area contributed by atoms with Crippen LogP contribution < -0.4 is 5.32 Å². The summed E-state index contributed by atoms with van der Waals surface area (Å²) in [5.74, 6) is -0.949. The van der Waals surface area contributed by atoms with E-state index in [0.717, 1.165) is 4.90 Å². The molecule has 0 saturated carbocycles. The largest absolute Gasteiger partial charge is 0.617 e. The van der Waals surface area contributed by atoms with Gasteiger partial charge in [-0.3, -0.25) is 19.3 Å². The monoisotopic (exact) mass is 294 g/mol. The van der Waals surface area contributed by atoms with Crippen molar-refractivity contribution in [2.24, 2.45) is 0 Å². The van der Waals surface area contributed by atoms with Crippen molar-refractivity contribution in [1.82, 2.24) is 4.90 Å². The summed E-state index contributed by atoms with van der Waals surface area (Å²) in [6.07, 6.45) is 1.51. The molecule has 1 atom stereocenters. The molecule has 20 heavy (non-hydrogen) atoms. The van der Waals surface area contributed by atoms with Gasteiger partial charge in [0.05, 0.1) is 29.6 Å². The van der Waals surface area contributed by atoms with Gasteiger partial charge >= 0.3 is 0 Å². The molecule has 7 heteroatoms. The average molecular weight is 294 g/mol. The highest BCUT2D eigenvalue weighted by Gasteiger charge is 2.37. The lowest BCUT2D eigenvalue weighted by Gasteiger charge is -2.14. The number of hydrogen-bond donors (Lipinski definition) is 1. The van der Waals surface area contributed by atoms with Crippen LogP contribution in [0.25, 0.3) is 0 Å². The van der Waals surface area contributed by atoms with Crippen LogP contribution in [0.2, 0.25) is 0 Å². The number of carbonyl (C=O) groups excluding carboxylic acids is 3. The SMILES string of the molecule is CC(=O)Nc1cccc2c1C(=O)N(CC[S+](C)[O-])C2=O. The second-order valence-corrected chi connectivity index (χ2v) is 6.00. The minimum absolute atomic E-state index is 0.106. The lowest BCUT2D eigenvalue weighted by molar-refractivity contribution is -0.114. The van der Waals surface area contributed by atoms with Crippen LogP contribution in [-0.4, -0.2) is 45.7 Å². The van der Waals surface area contributed by atoms with Gasteiger partial charge < -0.3 is 9.87 Å². The smallest absolute Gasteiger partial charge is 0.263 e. The fraction of sp³-hybridized carbons (Fsp3) is 0.308. The van der Waals surface area contributed by atoms with Gasteiger partial charge in [0, 0.05) is 6.92 Å². The van der Waals surface area contributed by atoms with Crippen LogP contribution >= 0.6 is 0 Å². The summed E-state index contributed by atoms with van der Waals surface area (Å²) in [5, 5.41) is 2.54. The number of hydrogen-bond acceptors (Lipinski definition) is 4. The van der Waals surface area contributed by atoms with Crippen molar-refractivity contribution < 1.29 is 18.9 Å². The van der Waals surface area contributed by atoms with Crippen molar-refractivity contribution in [2.45, 2.75) is 6.92 Å². The Bertz CT molecular complexity index is 586. The molecule has 1 heterocycles. The van der Waals surface area contributed by atoms with E-state index < -0.39 is 23.0 Å². The van der Waals surface area contributed by atoms with Gasteiger partial charge in [-0.2, -0.15) is 0 Å². The zero-order chi connectivity index (χ0) is 14.9. The van der Waals surface area contributed by atoms with Crippen LogP contribution in [0.5, 0.6) is 0 Å². The van der Waals surface area contributed by atoms with E-state index >= 15 is 0 Å². The van der Waals surface area contributed by atoms with E-state index in [1.807, 2.05) is 0 Å². The predicted octanol–water partition coefficient (Wildman–Crippen LogP) is 0.619. The van der Waals surface area contributed by atoms with E-state index in [2.05, 4.69) is 5.32 Å². The van der Waals surface area contributed by atoms with E-state index in [4.69, 9.17) is 0 Å². The zero-order valence-electron chi connectivity index (χ0n) is 11.1. The molecule has 0 bridgehead atoms. The molecule has 1 unspecified atom stereocenters. The molecule has 106 valence electrons. The van der Waals surface area contributed by atoms with Crippen LogP contribution in [0.1, 0.15) is 27.6 Å². The average Bonchev–Trinajstić information content (AvgIpc) is 2.60. The maximum absolute atomic E-state index is 12.3. The number of fused-ring (bicyclic) bond motifs is 1. The number of carbonyl (C=O) groups is 3. The topological polar surface area (TPSA) is 89.5 Å². The Kier molecular flexibility index (Phi) is 4.10. The summed E-state index contributed by atoms with van der Waals surface area (Å²) in [5.41, 5.74) is 0.797. The first-order valence-electron chi connectivity index (χ1n) is 5.98. The summed E-state index contributed by atoms with van der Waals surface area (Å²) >= 11 is -1.09. The number of benzene rings is 1. The van der Waals surface area contributed by atoms with E-state index in [1.165, 1.54) is 13.2 Å². The standard InChI is InChI=1S/C13H14N2O4S/c1-8(16)14-10-5-3-4-9-11(10)13(18)15(12(9)17)6-7-20(2)19/h3-5H,6-7H2,1-2H3,(H,14,16). The van der Waals surface area contributed by atoms with Crippen LogP contribution in [0, 0.1) is 0 Å². The van der Waals surface area contributed by atoms with Gasteiger partial charge in [0.15, 0.2) is 0 Å². The Morgan fingerprint density at radius 1 is 1.35 bits per heavy atom. The molecular weight excluding hydrogens is 280 g/mol. The van der Waals surface area contributed by atoms with E-state index in [9.17, 15) is 18.9 Å². The van der Waals surface area contributed by atoms with Gasteiger partial charge in [-0.05, 0) is 12.1 Å². The minimum Gasteiger partial charge on any atom is -0.617 e. The molecule has 3 amide bonds. The van der Waals surface area contributed by atoms with Crippen molar-refractivity contribution in [2.75, 3.05) is 23.9 Å². The first-order chi connectivity index (χ1) is 9.41. The molecule has 1 aromatic rings. The molecule has 1 aliphatic rings. The Morgan fingerprint density at radius 2 is 2.05 bits per heavy atom. The Balaban J connectivity index is 2.33. The first-order valence-corrected chi connectivity index (χ1v) is 7.71. The van der Waals surface area contributed by atoms with Gasteiger partial charge in [0.25, 0.3) is 11.8 Å². The molecule has 2 rings (SSSR count). The zero-order valence-corrected chi connectivity index (χ0v) is 12.0. The van der Waals surface area contributed by atoms with Gasteiger partial charge in [-0.25, -0.2) is 0 Å². The van der Waals surface area contributed by atoms with E-state index in [-0.39, 0.29) is 29.3 Å². The normalized spacial score (nSPS) is 15.2. The fourth-order valence-corrected chi connectivity index (χ4v) is 2.49. The molecule has 0 spiro atoms. The highest BCUT2D eigenvalue weighted by molar-refractivity contribution is 7.90. The summed E-state index contributed by atoms with van der Waals surface area (Å²) in [6, 6.07) is 4.73. The Morgan fingerprint density at radius 3 is 2.65 bits per heavy atom. The van der Waals surface area contributed by atoms with Gasteiger partial charge in [0.1, 0.15) is 5.75 Å². The van der Waals surface area contributed by atoms with E-state index in [1.54, 1.807) is 18.2 Å². The van der Waals surface area contributed by atoms with Crippen molar-refractivity contribution in [3.63, 3.8) is 0 Å². The van der Waals surface area contributed by atoms with Crippen LogP contribution in [0.15, 0.2) is 18.2 Å². The number of amides is 3. The second-order valence-electron chi connectivity index (χ2n) is 4.45. The molecule has 1 N–H and O–H groups in total. The van der Waals surface area contributed by atoms with E-state index in [0.29, 0.717) is 5.69 Å². The first kappa shape index (κ1) is 14.5. The molecular formula is C13H14N2O4S. The summed E-state index contributed by atoms with van der Waals surface area (Å²) in [4.78, 5) is 36.6. The molecule has 0 saturated heterocycles. The van der Waals surface area contributed by atoms with Crippen LogP contribution in [0.4, 0.5) is 5.69 Å². The second kappa shape index (κ2) is 5.64. The molecule has 0 fully saturated rings. The van der Waals surface area contributed by atoms with Crippen LogP contribution in [0.3, 0.4) is 0 Å². The number of nitrogens with zero attached hydrogens (tertiary/aromatic N) is 1. The quantitative estimate of drug-likeness (QED) is 0.651. The maximum Gasteiger partial charge on any atom is 0.263 e. The third-order valence-electron chi connectivity index (χ3n) is 2.91. The molecule has 0 aliphatic carbocycles. The third-order valence-corrected chi connectivity index (χ3v) is 3.67. The minimum atomic E-state index is -1.09. The predicted molar refractivity (Wildman–Crippen MR) is 75.0 cm³/mol. The summed E-state index contributed by atoms with van der Waals surface area (Å²) in [6.45, 7) is 1.44. The lowest BCUT2D eigenvalue weighted by Crippen LogP contribution is -2.34. The van der Waals surface area contributed by atoms with Crippen LogP contribution in [-0.2, 0) is 16.0 Å². The number of nitrogens with one attached hydrogen (secondary N) is 1. The van der Waals surface area contributed by atoms with Crippen molar-refractivity contribution in [3.8, 4) is 0 Å². The summed E-state index contributed by atoms with van der Waals surface area (Å²) in [7, 11) is 0. The Labute approximate surface area is 119 Å². The lowest BCUT2D eigenvalue weighted by atomic mass is 10.1. The third kappa shape index (κ3) is 2.68. The fourth-order valence-electron chi connectivity index (χ4n) is 2.05. The van der Waals surface area contributed by atoms with Gasteiger partial charge in [-0.1, -0.05) is 17.2 Å². The number of imide groups is 1. The molecule has 6 nitrogen and oxygen atoms in total. The highest BCUT2D eigenvalue weighted by Crippen LogP contribution is 2.29. The Hall–Kier alpha value is -1.86. The van der Waals surface area contributed by atoms with Crippen molar-refractivity contribution in [1.29, 1.82) is 0 Å². The maximum atomic E-state index is 12.3. The van der Waals surface area contributed by atoms with Gasteiger partial charge in [0.2, 0.25) is 5.91 Å². The van der Waals surface area contributed by atoms with Gasteiger partial charge in [-0.15, -0.1) is 0 Å².